The van der Waals surface area contributed by atoms with Gasteiger partial charge in [0, 0.05) is 48.8 Å². The highest BCUT2D eigenvalue weighted by Crippen LogP contribution is 2.44. The van der Waals surface area contributed by atoms with Crippen molar-refractivity contribution in [1.82, 2.24) is 25.7 Å². The minimum atomic E-state index is -4.58. The third kappa shape index (κ3) is 6.97. The molecular weight excluding hydrogens is 609 g/mol. The number of aromatic nitrogens is 2. The number of hydrogen-bond donors (Lipinski definition) is 3. The molecule has 1 saturated heterocycles. The Morgan fingerprint density at radius 2 is 1.98 bits per heavy atom. The van der Waals surface area contributed by atoms with E-state index < -0.39 is 53.6 Å². The maximum absolute atomic E-state index is 15.9. The third-order valence-electron chi connectivity index (χ3n) is 9.35. The monoisotopic (exact) mass is 647 g/mol. The molecule has 0 radical (unpaired) electrons. The number of ether oxygens (including phenoxy) is 2. The van der Waals surface area contributed by atoms with Crippen molar-refractivity contribution < 1.29 is 36.2 Å². The molecule has 1 aliphatic carbocycles. The summed E-state index contributed by atoms with van der Waals surface area (Å²) in [5.74, 6) is -2.12. The van der Waals surface area contributed by atoms with Crippen LogP contribution in [0, 0.1) is 11.6 Å². The number of H-pyrrole nitrogens is 1. The lowest BCUT2D eigenvalue weighted by Crippen LogP contribution is -2.48. The third-order valence-corrected chi connectivity index (χ3v) is 9.35. The zero-order valence-electron chi connectivity index (χ0n) is 25.6. The molecule has 2 aliphatic heterocycles. The molecule has 0 spiro atoms. The fraction of sp³-hybridized carbons (Fsp3) is 0.515. The van der Waals surface area contributed by atoms with Gasteiger partial charge in [0.05, 0.1) is 36.4 Å². The lowest BCUT2D eigenvalue weighted by molar-refractivity contribution is -0.155. The van der Waals surface area contributed by atoms with Crippen molar-refractivity contribution in [1.29, 1.82) is 0 Å². The van der Waals surface area contributed by atoms with Gasteiger partial charge < -0.3 is 20.1 Å². The molecule has 1 aromatic heterocycles. The zero-order valence-corrected chi connectivity index (χ0v) is 25.6. The quantitative estimate of drug-likeness (QED) is 0.208. The Kier molecular flexibility index (Phi) is 9.47. The molecule has 3 N–H and O–H groups in total. The molecule has 3 aliphatic rings. The van der Waals surface area contributed by atoms with Crippen LogP contribution in [0.3, 0.4) is 0 Å². The first-order valence-corrected chi connectivity index (χ1v) is 15.7. The largest absolute Gasteiger partial charge is 0.491 e. The maximum Gasteiger partial charge on any atom is 0.401 e. The number of nitrogens with one attached hydrogen (secondary N) is 3. The van der Waals surface area contributed by atoms with Crippen molar-refractivity contribution in [2.45, 2.75) is 68.9 Å². The van der Waals surface area contributed by atoms with Crippen LogP contribution in [0.4, 0.5) is 22.0 Å². The number of carbonyl (C=O) groups is 1. The van der Waals surface area contributed by atoms with Crippen LogP contribution in [-0.2, 0) is 16.0 Å². The molecule has 3 atom stereocenters. The van der Waals surface area contributed by atoms with Gasteiger partial charge in [-0.1, -0.05) is 25.0 Å². The second kappa shape index (κ2) is 13.4. The summed E-state index contributed by atoms with van der Waals surface area (Å²) >= 11 is 0. The Labute approximate surface area is 263 Å². The molecule has 3 heterocycles. The second-order valence-corrected chi connectivity index (χ2v) is 12.5. The molecule has 3 aromatic rings. The number of rotatable bonds is 10. The van der Waals surface area contributed by atoms with Crippen molar-refractivity contribution in [3.8, 4) is 5.75 Å². The topological polar surface area (TPSA) is 91.5 Å². The number of morpholine rings is 1. The summed E-state index contributed by atoms with van der Waals surface area (Å²) in [5, 5.41) is 14.2. The van der Waals surface area contributed by atoms with Crippen molar-refractivity contribution in [3.63, 3.8) is 0 Å². The van der Waals surface area contributed by atoms with Gasteiger partial charge >= 0.3 is 6.18 Å². The molecule has 2 fully saturated rings. The predicted octanol–water partition coefficient (Wildman–Crippen LogP) is 5.13. The lowest BCUT2D eigenvalue weighted by Gasteiger charge is -2.42. The molecule has 248 valence electrons. The van der Waals surface area contributed by atoms with Gasteiger partial charge in [-0.15, -0.1) is 0 Å². The number of benzene rings is 2. The van der Waals surface area contributed by atoms with Crippen molar-refractivity contribution in [2.75, 3.05) is 39.4 Å². The van der Waals surface area contributed by atoms with Gasteiger partial charge in [0.15, 0.2) is 5.78 Å². The van der Waals surface area contributed by atoms with Crippen LogP contribution < -0.4 is 15.4 Å². The highest BCUT2D eigenvalue weighted by atomic mass is 19.4. The fourth-order valence-electron chi connectivity index (χ4n) is 7.06. The Bertz CT molecular complexity index is 1560. The summed E-state index contributed by atoms with van der Waals surface area (Å²) in [6.45, 7) is 2.51. The van der Waals surface area contributed by atoms with Gasteiger partial charge in [0.2, 0.25) is 0 Å². The van der Waals surface area contributed by atoms with Crippen LogP contribution >= 0.6 is 0 Å². The first kappa shape index (κ1) is 32.5. The van der Waals surface area contributed by atoms with E-state index in [0.717, 1.165) is 48.1 Å². The van der Waals surface area contributed by atoms with Crippen LogP contribution in [0.5, 0.6) is 5.75 Å². The van der Waals surface area contributed by atoms with E-state index in [-0.39, 0.29) is 24.6 Å². The summed E-state index contributed by atoms with van der Waals surface area (Å²) in [6, 6.07) is 3.44. The number of ketones is 1. The minimum Gasteiger partial charge on any atom is -0.491 e. The number of halogens is 5. The van der Waals surface area contributed by atoms with E-state index in [4.69, 9.17) is 9.47 Å². The highest BCUT2D eigenvalue weighted by Gasteiger charge is 2.43. The molecule has 6 rings (SSSR count). The van der Waals surface area contributed by atoms with Gasteiger partial charge in [0.1, 0.15) is 30.1 Å². The smallest absolute Gasteiger partial charge is 0.401 e. The van der Waals surface area contributed by atoms with E-state index in [9.17, 15) is 18.0 Å². The summed E-state index contributed by atoms with van der Waals surface area (Å²) in [5.41, 5.74) is 0.918. The average molecular weight is 648 g/mol. The number of alkyl halides is 3. The molecule has 2 aromatic carbocycles. The van der Waals surface area contributed by atoms with Gasteiger partial charge in [-0.2, -0.15) is 18.3 Å². The number of hydrogen-bond acceptors (Lipinski definition) is 7. The first-order chi connectivity index (χ1) is 22.0. The number of nitrogens with zero attached hydrogens (tertiary/aromatic N) is 2. The SMILES string of the molecule is C[C@@H]1Cc2c(ccc3[nH]ncc23)[C@@H](c2c(F)cc(OCC3(NC/C=C/C(=O)C4CNCCO4)CCCC3)cc2F)N1CC(F)(F)F. The van der Waals surface area contributed by atoms with Crippen LogP contribution in [-0.4, -0.2) is 84.1 Å². The molecule has 1 saturated carbocycles. The second-order valence-electron chi connectivity index (χ2n) is 12.5. The predicted molar refractivity (Wildman–Crippen MR) is 162 cm³/mol. The van der Waals surface area contributed by atoms with Gasteiger partial charge in [0.25, 0.3) is 0 Å². The van der Waals surface area contributed by atoms with E-state index in [0.29, 0.717) is 42.9 Å². The average Bonchev–Trinajstić information content (AvgIpc) is 3.70. The molecule has 46 heavy (non-hydrogen) atoms. The Balaban J connectivity index is 1.21. The van der Waals surface area contributed by atoms with Gasteiger partial charge in [-0.05, 0) is 49.5 Å². The Morgan fingerprint density at radius 3 is 2.67 bits per heavy atom. The van der Waals surface area contributed by atoms with Crippen LogP contribution in [0.25, 0.3) is 10.9 Å². The molecular formula is C33H38F5N5O3. The van der Waals surface area contributed by atoms with E-state index >= 15 is 8.78 Å². The standard InChI is InChI=1S/C33H38F5N5O3/c1-20-13-23-22(6-7-27-24(23)16-41-42-27)31(43(20)18-33(36,37)38)30-25(34)14-21(15-26(30)35)46-19-32(8-2-3-9-32)40-10-4-5-28(44)29-17-39-11-12-45-29/h4-7,14-16,20,29,31,39-40H,2-3,8-13,17-19H2,1H3,(H,41,42)/b5-4+/t20-,29?,31+/m1/s1. The number of fused-ring (bicyclic) bond motifs is 3. The summed E-state index contributed by atoms with van der Waals surface area (Å²) in [7, 11) is 0. The van der Waals surface area contributed by atoms with E-state index in [1.54, 1.807) is 31.3 Å². The fourth-order valence-corrected chi connectivity index (χ4v) is 7.06. The molecule has 0 bridgehead atoms. The van der Waals surface area contributed by atoms with E-state index in [1.165, 1.54) is 6.08 Å². The molecule has 13 heteroatoms. The maximum atomic E-state index is 15.9. The normalized spacial score (nSPS) is 23.7. The van der Waals surface area contributed by atoms with Crippen molar-refractivity contribution in [3.05, 3.63) is 70.9 Å². The van der Waals surface area contributed by atoms with Gasteiger partial charge in [-0.3, -0.25) is 14.8 Å². The molecule has 8 nitrogen and oxygen atoms in total. The van der Waals surface area contributed by atoms with Gasteiger partial charge in [-0.25, -0.2) is 8.78 Å². The van der Waals surface area contributed by atoms with E-state index in [1.807, 2.05) is 0 Å². The number of carbonyl (C=O) groups excluding carboxylic acids is 1. The highest BCUT2D eigenvalue weighted by molar-refractivity contribution is 5.93. The minimum absolute atomic E-state index is 0.0452. The molecule has 0 amide bonds. The first-order valence-electron chi connectivity index (χ1n) is 15.7. The van der Waals surface area contributed by atoms with Crippen LogP contribution in [0.1, 0.15) is 55.3 Å². The summed E-state index contributed by atoms with van der Waals surface area (Å²) in [6.07, 6.45) is 3.46. The lowest BCUT2D eigenvalue weighted by atomic mass is 9.83. The zero-order chi connectivity index (χ0) is 32.5. The summed E-state index contributed by atoms with van der Waals surface area (Å²) in [4.78, 5) is 13.5. The van der Waals surface area contributed by atoms with Crippen LogP contribution in [0.15, 0.2) is 42.6 Å². The van der Waals surface area contributed by atoms with Crippen molar-refractivity contribution >= 4 is 16.7 Å². The Hall–Kier alpha value is -3.39. The summed E-state index contributed by atoms with van der Waals surface area (Å²) < 4.78 is 84.6. The van der Waals surface area contributed by atoms with Crippen LogP contribution in [0.2, 0.25) is 0 Å². The Morgan fingerprint density at radius 1 is 1.22 bits per heavy atom. The van der Waals surface area contributed by atoms with E-state index in [2.05, 4.69) is 20.8 Å². The van der Waals surface area contributed by atoms with Crippen molar-refractivity contribution in [2.24, 2.45) is 0 Å². The number of aromatic amines is 1. The molecule has 1 unspecified atom stereocenters.